The zero-order valence-electron chi connectivity index (χ0n) is 16.5. The first-order chi connectivity index (χ1) is 13.7. The van der Waals surface area contributed by atoms with Gasteiger partial charge >= 0.3 is 0 Å². The van der Waals surface area contributed by atoms with E-state index in [2.05, 4.69) is 35.9 Å². The second-order valence-electron chi connectivity index (χ2n) is 7.11. The maximum absolute atomic E-state index is 5.99. The smallest absolute Gasteiger partial charge is 0.231 e. The number of hydrogen-bond donors (Lipinski definition) is 0. The van der Waals surface area contributed by atoms with Crippen LogP contribution in [0.15, 0.2) is 30.5 Å². The Morgan fingerprint density at radius 3 is 2.64 bits per heavy atom. The predicted octanol–water partition coefficient (Wildman–Crippen LogP) is 4.05. The van der Waals surface area contributed by atoms with Crippen LogP contribution in [0.25, 0.3) is 22.0 Å². The molecule has 0 saturated heterocycles. The molecule has 5 nitrogen and oxygen atoms in total. The molecule has 5 heteroatoms. The van der Waals surface area contributed by atoms with E-state index in [0.717, 1.165) is 47.8 Å². The van der Waals surface area contributed by atoms with Gasteiger partial charge in [0.05, 0.1) is 24.7 Å². The average molecular weight is 378 g/mol. The molecule has 3 aromatic rings. The fourth-order valence-electron chi connectivity index (χ4n) is 4.45. The first-order valence-corrected chi connectivity index (χ1v) is 9.86. The van der Waals surface area contributed by atoms with Gasteiger partial charge in [-0.25, -0.2) is 0 Å². The molecule has 0 fully saturated rings. The summed E-state index contributed by atoms with van der Waals surface area (Å²) in [5.41, 5.74) is 5.14. The van der Waals surface area contributed by atoms with Gasteiger partial charge in [0.15, 0.2) is 35.7 Å². The number of rotatable bonds is 4. The molecule has 0 atom stereocenters. The summed E-state index contributed by atoms with van der Waals surface area (Å²) >= 11 is 0. The first kappa shape index (κ1) is 17.2. The lowest BCUT2D eigenvalue weighted by Crippen LogP contribution is -2.41. The monoisotopic (exact) mass is 378 g/mol. The molecule has 0 spiro atoms. The van der Waals surface area contributed by atoms with Gasteiger partial charge in [0, 0.05) is 17.4 Å². The minimum Gasteiger partial charge on any atom is -0.493 e. The van der Waals surface area contributed by atoms with E-state index in [1.54, 1.807) is 7.11 Å². The predicted molar refractivity (Wildman–Crippen MR) is 107 cm³/mol. The van der Waals surface area contributed by atoms with E-state index in [4.69, 9.17) is 18.9 Å². The largest absolute Gasteiger partial charge is 0.493 e. The highest BCUT2D eigenvalue weighted by Crippen LogP contribution is 2.43. The molecule has 2 aliphatic rings. The van der Waals surface area contributed by atoms with Crippen LogP contribution in [0.2, 0.25) is 0 Å². The topological polar surface area (TPSA) is 40.8 Å². The van der Waals surface area contributed by atoms with Crippen molar-refractivity contribution < 1.29 is 23.5 Å². The zero-order chi connectivity index (χ0) is 19.3. The Hall–Kier alpha value is -2.95. The number of methoxy groups -OCH3 is 1. The van der Waals surface area contributed by atoms with Crippen LogP contribution in [-0.4, -0.2) is 20.5 Å². The molecule has 2 aromatic carbocycles. The van der Waals surface area contributed by atoms with Crippen LogP contribution >= 0.6 is 0 Å². The van der Waals surface area contributed by atoms with Crippen LogP contribution in [-0.2, 0) is 19.4 Å². The highest BCUT2D eigenvalue weighted by Gasteiger charge is 2.31. The summed E-state index contributed by atoms with van der Waals surface area (Å²) in [6.07, 6.45) is 4.11. The zero-order valence-corrected chi connectivity index (χ0v) is 16.5. The Morgan fingerprint density at radius 1 is 1.07 bits per heavy atom. The highest BCUT2D eigenvalue weighted by atomic mass is 16.7. The van der Waals surface area contributed by atoms with Crippen LogP contribution in [0.5, 0.6) is 23.0 Å². The molecular formula is C23H24NO4+. The number of pyridine rings is 1. The minimum absolute atomic E-state index is 0.300. The summed E-state index contributed by atoms with van der Waals surface area (Å²) in [4.78, 5) is 0. The molecule has 0 unspecified atom stereocenters. The summed E-state index contributed by atoms with van der Waals surface area (Å²) in [6.45, 7) is 6.04. The third-order valence-corrected chi connectivity index (χ3v) is 5.68. The van der Waals surface area contributed by atoms with Gasteiger partial charge in [-0.2, -0.15) is 4.57 Å². The van der Waals surface area contributed by atoms with Gasteiger partial charge in [-0.3, -0.25) is 0 Å². The average Bonchev–Trinajstić information content (AvgIpc) is 3.18. The molecule has 0 bridgehead atoms. The lowest BCUT2D eigenvalue weighted by atomic mass is 9.90. The van der Waals surface area contributed by atoms with Crippen molar-refractivity contribution >= 4 is 10.8 Å². The van der Waals surface area contributed by atoms with Gasteiger partial charge in [-0.05, 0) is 43.2 Å². The summed E-state index contributed by atoms with van der Waals surface area (Å²) in [5, 5.41) is 2.31. The molecule has 0 aliphatic carbocycles. The molecule has 5 rings (SSSR count). The van der Waals surface area contributed by atoms with Crippen molar-refractivity contribution in [3.63, 3.8) is 0 Å². The van der Waals surface area contributed by atoms with Gasteiger partial charge in [-0.1, -0.05) is 6.92 Å². The Labute approximate surface area is 164 Å². The van der Waals surface area contributed by atoms with Gasteiger partial charge < -0.3 is 18.9 Å². The van der Waals surface area contributed by atoms with Crippen molar-refractivity contribution in [1.82, 2.24) is 0 Å². The van der Waals surface area contributed by atoms with E-state index in [1.165, 1.54) is 27.8 Å². The first-order valence-electron chi connectivity index (χ1n) is 9.86. The molecule has 0 saturated carbocycles. The Bertz CT molecular complexity index is 1090. The SMILES string of the molecule is CCOc1c(OC)ccc2c(CC)c3[n+](cc12)CCc1cc2c(cc1-3)OCO2. The van der Waals surface area contributed by atoms with Crippen molar-refractivity contribution in [3.05, 3.63) is 41.6 Å². The fraction of sp³-hybridized carbons (Fsp3) is 0.348. The molecule has 144 valence electrons. The molecule has 0 radical (unpaired) electrons. The van der Waals surface area contributed by atoms with E-state index >= 15 is 0 Å². The minimum atomic E-state index is 0.300. The van der Waals surface area contributed by atoms with E-state index in [0.29, 0.717) is 13.4 Å². The van der Waals surface area contributed by atoms with Gasteiger partial charge in [0.25, 0.3) is 0 Å². The third kappa shape index (κ3) is 2.42. The summed E-state index contributed by atoms with van der Waals surface area (Å²) in [7, 11) is 1.69. The van der Waals surface area contributed by atoms with Crippen LogP contribution in [0, 0.1) is 0 Å². The van der Waals surface area contributed by atoms with E-state index in [9.17, 15) is 0 Å². The Balaban J connectivity index is 1.81. The number of benzene rings is 2. The third-order valence-electron chi connectivity index (χ3n) is 5.68. The highest BCUT2D eigenvalue weighted by molar-refractivity contribution is 5.95. The van der Waals surface area contributed by atoms with Crippen LogP contribution < -0.4 is 23.5 Å². The number of aromatic nitrogens is 1. The molecule has 2 aliphatic heterocycles. The van der Waals surface area contributed by atoms with Gasteiger partial charge in [0.1, 0.15) is 0 Å². The normalized spacial score (nSPS) is 14.0. The molecule has 1 aromatic heterocycles. The Morgan fingerprint density at radius 2 is 1.89 bits per heavy atom. The summed E-state index contributed by atoms with van der Waals surface area (Å²) in [6, 6.07) is 8.44. The Kier molecular flexibility index (Phi) is 4.04. The standard InChI is InChI=1S/C23H24NO4/c1-4-15-16-6-7-19(25-3)23(26-5-2)18(16)12-24-9-8-14-10-20-21(28-13-27-20)11-17(14)22(15)24/h6-7,10-12H,4-5,8-9,13H2,1-3H3/q+1. The van der Waals surface area contributed by atoms with Crippen molar-refractivity contribution in [2.24, 2.45) is 0 Å². The maximum atomic E-state index is 5.99. The van der Waals surface area contributed by atoms with E-state index < -0.39 is 0 Å². The summed E-state index contributed by atoms with van der Waals surface area (Å²) < 4.78 is 25.1. The number of fused-ring (bicyclic) bond motifs is 5. The van der Waals surface area contributed by atoms with Crippen LogP contribution in [0.4, 0.5) is 0 Å². The van der Waals surface area contributed by atoms with Gasteiger partial charge in [0.2, 0.25) is 12.5 Å². The molecule has 3 heterocycles. The van der Waals surface area contributed by atoms with Crippen molar-refractivity contribution in [2.75, 3.05) is 20.5 Å². The molecular weight excluding hydrogens is 354 g/mol. The number of aryl methyl sites for hydroxylation is 3. The number of hydrogen-bond acceptors (Lipinski definition) is 4. The lowest BCUT2D eigenvalue weighted by molar-refractivity contribution is -0.686. The van der Waals surface area contributed by atoms with E-state index in [-0.39, 0.29) is 0 Å². The molecule has 0 N–H and O–H groups in total. The molecule has 0 amide bonds. The summed E-state index contributed by atoms with van der Waals surface area (Å²) in [5.74, 6) is 3.29. The quantitative estimate of drug-likeness (QED) is 0.643. The second kappa shape index (κ2) is 6.59. The van der Waals surface area contributed by atoms with Crippen molar-refractivity contribution in [2.45, 2.75) is 33.2 Å². The van der Waals surface area contributed by atoms with Crippen molar-refractivity contribution in [3.8, 4) is 34.3 Å². The second-order valence-corrected chi connectivity index (χ2v) is 7.11. The number of nitrogens with zero attached hydrogens (tertiary/aromatic N) is 1. The fourth-order valence-corrected chi connectivity index (χ4v) is 4.45. The number of ether oxygens (including phenoxy) is 4. The van der Waals surface area contributed by atoms with E-state index in [1.807, 2.05) is 13.0 Å². The lowest BCUT2D eigenvalue weighted by Gasteiger charge is -2.20. The van der Waals surface area contributed by atoms with Crippen molar-refractivity contribution in [1.29, 1.82) is 0 Å². The molecule has 28 heavy (non-hydrogen) atoms. The van der Waals surface area contributed by atoms with Crippen LogP contribution in [0.1, 0.15) is 25.0 Å². The van der Waals surface area contributed by atoms with Crippen LogP contribution in [0.3, 0.4) is 0 Å². The van der Waals surface area contributed by atoms with Gasteiger partial charge in [-0.15, -0.1) is 0 Å². The maximum Gasteiger partial charge on any atom is 0.231 e.